The van der Waals surface area contributed by atoms with Crippen molar-refractivity contribution in [2.24, 2.45) is 17.3 Å². The van der Waals surface area contributed by atoms with Crippen LogP contribution in [0.25, 0.3) is 0 Å². The maximum atomic E-state index is 12.6. The molecule has 27 heavy (non-hydrogen) atoms. The number of hydrogen-bond acceptors (Lipinski definition) is 3. The minimum Gasteiger partial charge on any atom is -0.458 e. The van der Waals surface area contributed by atoms with Crippen molar-refractivity contribution in [1.82, 2.24) is 0 Å². The van der Waals surface area contributed by atoms with Gasteiger partial charge in [-0.1, -0.05) is 61.9 Å². The lowest BCUT2D eigenvalue weighted by atomic mass is 10.1. The lowest BCUT2D eigenvalue weighted by Crippen LogP contribution is -2.13. The summed E-state index contributed by atoms with van der Waals surface area (Å²) in [5, 5.41) is 0.710. The molecule has 1 fully saturated rings. The Morgan fingerprint density at radius 1 is 1.11 bits per heavy atom. The number of carbonyl (C=O) groups is 1. The Hall–Kier alpha value is -2.26. The molecule has 1 aliphatic rings. The SMILES string of the molecule is C/C(Cl)=C/[C@H]1[C@@H](C(=O)O[C@H](C)c2cccc(Oc3ccccc3)c2)C1(C)C. The van der Waals surface area contributed by atoms with E-state index in [0.29, 0.717) is 10.8 Å². The smallest absolute Gasteiger partial charge is 0.310 e. The molecule has 0 aromatic heterocycles. The van der Waals surface area contributed by atoms with Gasteiger partial charge in [-0.05, 0) is 55.0 Å². The van der Waals surface area contributed by atoms with Gasteiger partial charge in [0.05, 0.1) is 5.92 Å². The highest BCUT2D eigenvalue weighted by molar-refractivity contribution is 6.29. The van der Waals surface area contributed by atoms with Gasteiger partial charge in [0.25, 0.3) is 0 Å². The van der Waals surface area contributed by atoms with Crippen molar-refractivity contribution in [2.75, 3.05) is 0 Å². The Balaban J connectivity index is 1.66. The molecular formula is C23H25ClO3. The fourth-order valence-electron chi connectivity index (χ4n) is 3.46. The van der Waals surface area contributed by atoms with Gasteiger partial charge in [-0.3, -0.25) is 4.79 Å². The summed E-state index contributed by atoms with van der Waals surface area (Å²) in [4.78, 5) is 12.6. The minimum absolute atomic E-state index is 0.120. The Bertz CT molecular complexity index is 838. The molecule has 0 N–H and O–H groups in total. The van der Waals surface area contributed by atoms with E-state index >= 15 is 0 Å². The third kappa shape index (κ3) is 4.54. The van der Waals surface area contributed by atoms with Gasteiger partial charge in [0, 0.05) is 5.03 Å². The van der Waals surface area contributed by atoms with Crippen molar-refractivity contribution in [3.63, 3.8) is 0 Å². The first kappa shape index (κ1) is 19.5. The van der Waals surface area contributed by atoms with Crippen LogP contribution in [-0.4, -0.2) is 5.97 Å². The zero-order chi connectivity index (χ0) is 19.6. The molecule has 2 aromatic rings. The van der Waals surface area contributed by atoms with Crippen LogP contribution < -0.4 is 4.74 Å². The van der Waals surface area contributed by atoms with Crippen LogP contribution in [0, 0.1) is 17.3 Å². The molecule has 0 spiro atoms. The zero-order valence-corrected chi connectivity index (χ0v) is 16.9. The molecule has 3 atom stereocenters. The standard InChI is InChI=1S/C23H25ClO3/c1-15(24)13-20-21(23(20,3)4)22(25)26-16(2)17-9-8-12-19(14-17)27-18-10-6-5-7-11-18/h5-14,16,20-21H,1-4H3/b15-13-/t16-,20+,21+/m1/s1. The van der Waals surface area contributed by atoms with Gasteiger partial charge in [0.2, 0.25) is 0 Å². The van der Waals surface area contributed by atoms with Crippen LogP contribution in [0.5, 0.6) is 11.5 Å². The zero-order valence-electron chi connectivity index (χ0n) is 16.1. The number of carbonyl (C=O) groups excluding carboxylic acids is 1. The van der Waals surface area contributed by atoms with Gasteiger partial charge in [0.1, 0.15) is 17.6 Å². The number of ether oxygens (including phenoxy) is 2. The highest BCUT2D eigenvalue weighted by Gasteiger charge is 2.61. The van der Waals surface area contributed by atoms with Crippen LogP contribution in [0.4, 0.5) is 0 Å². The number of allylic oxidation sites excluding steroid dienone is 2. The van der Waals surface area contributed by atoms with Gasteiger partial charge in [0.15, 0.2) is 0 Å². The van der Waals surface area contributed by atoms with Crippen LogP contribution in [0.1, 0.15) is 39.4 Å². The molecule has 4 heteroatoms. The molecule has 1 saturated carbocycles. The second-order valence-electron chi connectivity index (χ2n) is 7.64. The monoisotopic (exact) mass is 384 g/mol. The van der Waals surface area contributed by atoms with E-state index in [0.717, 1.165) is 11.3 Å². The normalized spacial score (nSPS) is 22.0. The Kier molecular flexibility index (Phi) is 5.61. The van der Waals surface area contributed by atoms with Crippen molar-refractivity contribution < 1.29 is 14.3 Å². The summed E-state index contributed by atoms with van der Waals surface area (Å²) in [6.45, 7) is 7.85. The van der Waals surface area contributed by atoms with E-state index in [4.69, 9.17) is 21.1 Å². The van der Waals surface area contributed by atoms with Gasteiger partial charge in [-0.25, -0.2) is 0 Å². The van der Waals surface area contributed by atoms with E-state index in [9.17, 15) is 4.79 Å². The highest BCUT2D eigenvalue weighted by atomic mass is 35.5. The summed E-state index contributed by atoms with van der Waals surface area (Å²) in [6.07, 6.45) is 1.60. The van der Waals surface area contributed by atoms with Crippen molar-refractivity contribution in [1.29, 1.82) is 0 Å². The third-order valence-electron chi connectivity index (χ3n) is 5.17. The van der Waals surface area contributed by atoms with Crippen molar-refractivity contribution in [3.8, 4) is 11.5 Å². The maximum absolute atomic E-state index is 12.6. The summed E-state index contributed by atoms with van der Waals surface area (Å²) in [6, 6.07) is 17.2. The Labute approximate surface area is 165 Å². The molecule has 0 unspecified atom stereocenters. The van der Waals surface area contributed by atoms with Gasteiger partial charge >= 0.3 is 5.97 Å². The van der Waals surface area contributed by atoms with Crippen molar-refractivity contribution in [2.45, 2.75) is 33.8 Å². The van der Waals surface area contributed by atoms with E-state index < -0.39 is 0 Å². The predicted octanol–water partition coefficient (Wildman–Crippen LogP) is 6.50. The number of para-hydroxylation sites is 1. The van der Waals surface area contributed by atoms with E-state index in [1.165, 1.54) is 0 Å². The van der Waals surface area contributed by atoms with E-state index in [1.807, 2.05) is 74.5 Å². The first-order valence-corrected chi connectivity index (χ1v) is 9.54. The van der Waals surface area contributed by atoms with Crippen molar-refractivity contribution in [3.05, 3.63) is 71.3 Å². The first-order valence-electron chi connectivity index (χ1n) is 9.16. The highest BCUT2D eigenvalue weighted by Crippen LogP contribution is 2.60. The van der Waals surface area contributed by atoms with Gasteiger partial charge < -0.3 is 9.47 Å². The molecule has 0 heterocycles. The summed E-state index contributed by atoms with van der Waals surface area (Å²) in [7, 11) is 0. The minimum atomic E-state index is -0.352. The topological polar surface area (TPSA) is 35.5 Å². The number of halogens is 1. The van der Waals surface area contributed by atoms with Crippen LogP contribution >= 0.6 is 11.6 Å². The second kappa shape index (κ2) is 7.77. The quantitative estimate of drug-likeness (QED) is 0.533. The van der Waals surface area contributed by atoms with E-state index in [2.05, 4.69) is 13.8 Å². The van der Waals surface area contributed by atoms with Crippen molar-refractivity contribution >= 4 is 17.6 Å². The number of hydrogen-bond donors (Lipinski definition) is 0. The van der Waals surface area contributed by atoms with Crippen LogP contribution in [0.15, 0.2) is 65.7 Å². The lowest BCUT2D eigenvalue weighted by Gasteiger charge is -2.15. The van der Waals surface area contributed by atoms with Crippen LogP contribution in [0.2, 0.25) is 0 Å². The Morgan fingerprint density at radius 2 is 1.78 bits per heavy atom. The number of benzene rings is 2. The second-order valence-corrected chi connectivity index (χ2v) is 8.24. The maximum Gasteiger partial charge on any atom is 0.310 e. The molecule has 0 saturated heterocycles. The summed E-state index contributed by atoms with van der Waals surface area (Å²) < 4.78 is 11.6. The predicted molar refractivity (Wildman–Crippen MR) is 108 cm³/mol. The molecule has 0 radical (unpaired) electrons. The molecule has 2 aromatic carbocycles. The molecule has 1 aliphatic carbocycles. The average molecular weight is 385 g/mol. The summed E-state index contributed by atoms with van der Waals surface area (Å²) in [5.41, 5.74) is 0.779. The van der Waals surface area contributed by atoms with E-state index in [-0.39, 0.29) is 29.3 Å². The molecule has 142 valence electrons. The largest absolute Gasteiger partial charge is 0.458 e. The summed E-state index contributed by atoms with van der Waals surface area (Å²) in [5.74, 6) is 1.28. The summed E-state index contributed by atoms with van der Waals surface area (Å²) >= 11 is 5.99. The molecule has 3 rings (SSSR count). The first-order chi connectivity index (χ1) is 12.8. The van der Waals surface area contributed by atoms with Gasteiger partial charge in [-0.15, -0.1) is 0 Å². The molecule has 3 nitrogen and oxygen atoms in total. The molecule has 0 bridgehead atoms. The van der Waals surface area contributed by atoms with Crippen LogP contribution in [0.3, 0.4) is 0 Å². The lowest BCUT2D eigenvalue weighted by molar-refractivity contribution is -0.151. The molecule has 0 aliphatic heterocycles. The molecule has 0 amide bonds. The molecular weight excluding hydrogens is 360 g/mol. The van der Waals surface area contributed by atoms with E-state index in [1.54, 1.807) is 0 Å². The average Bonchev–Trinajstić information content (AvgIpc) is 3.15. The third-order valence-corrected chi connectivity index (χ3v) is 5.30. The van der Waals surface area contributed by atoms with Gasteiger partial charge in [-0.2, -0.15) is 0 Å². The number of rotatable bonds is 6. The van der Waals surface area contributed by atoms with Crippen LogP contribution in [-0.2, 0) is 9.53 Å². The number of esters is 1. The Morgan fingerprint density at radius 3 is 2.44 bits per heavy atom. The fourth-order valence-corrected chi connectivity index (χ4v) is 3.59. The fraction of sp³-hybridized carbons (Fsp3) is 0.348.